The molecule has 148 valence electrons. The maximum atomic E-state index is 12.7. The predicted molar refractivity (Wildman–Crippen MR) is 103 cm³/mol. The highest BCUT2D eigenvalue weighted by molar-refractivity contribution is 7.91. The molecule has 2 heterocycles. The van der Waals surface area contributed by atoms with Crippen LogP contribution in [0.15, 0.2) is 76.1 Å². The number of sulfonamides is 1. The van der Waals surface area contributed by atoms with Crippen LogP contribution in [0.1, 0.15) is 12.0 Å². The Morgan fingerprint density at radius 1 is 1.07 bits per heavy atom. The van der Waals surface area contributed by atoms with E-state index in [2.05, 4.69) is 14.7 Å². The van der Waals surface area contributed by atoms with Crippen LogP contribution in [0, 0.1) is 6.92 Å². The standard InChI is InChI=1S/C18H20N4O4S2/c1-15-6-7-16(27(23,24)18-5-2-3-8-20-18)13-17(15)28(25,26)21-9-4-11-22-12-10-19-14-22/h2-3,5-8,10,12-14,21H,4,9,11H2,1H3. The van der Waals surface area contributed by atoms with E-state index in [0.717, 1.165) is 0 Å². The fourth-order valence-corrected chi connectivity index (χ4v) is 5.27. The van der Waals surface area contributed by atoms with Crippen molar-refractivity contribution in [2.24, 2.45) is 0 Å². The number of aromatic nitrogens is 3. The van der Waals surface area contributed by atoms with Gasteiger partial charge in [0.2, 0.25) is 19.9 Å². The lowest BCUT2D eigenvalue weighted by Gasteiger charge is -2.12. The molecule has 10 heteroatoms. The summed E-state index contributed by atoms with van der Waals surface area (Å²) < 4.78 is 55.2. The third-order valence-electron chi connectivity index (χ3n) is 4.12. The Kier molecular flexibility index (Phi) is 5.92. The summed E-state index contributed by atoms with van der Waals surface area (Å²) in [6, 6.07) is 8.59. The maximum Gasteiger partial charge on any atom is 0.240 e. The molecule has 3 rings (SSSR count). The van der Waals surface area contributed by atoms with Gasteiger partial charge in [0.15, 0.2) is 5.03 Å². The van der Waals surface area contributed by atoms with Crippen LogP contribution in [0.2, 0.25) is 0 Å². The first-order valence-electron chi connectivity index (χ1n) is 8.53. The van der Waals surface area contributed by atoms with Crippen LogP contribution in [0.4, 0.5) is 0 Å². The molecular formula is C18H20N4O4S2. The average molecular weight is 421 g/mol. The second-order valence-corrected chi connectivity index (χ2v) is 9.78. The van der Waals surface area contributed by atoms with Crippen molar-refractivity contribution in [3.63, 3.8) is 0 Å². The Morgan fingerprint density at radius 2 is 1.89 bits per heavy atom. The highest BCUT2D eigenvalue weighted by Gasteiger charge is 2.23. The van der Waals surface area contributed by atoms with E-state index in [-0.39, 0.29) is 21.4 Å². The lowest BCUT2D eigenvalue weighted by atomic mass is 10.2. The van der Waals surface area contributed by atoms with Gasteiger partial charge in [-0.05, 0) is 43.2 Å². The van der Waals surface area contributed by atoms with Gasteiger partial charge in [-0.15, -0.1) is 0 Å². The molecule has 0 saturated carbocycles. The van der Waals surface area contributed by atoms with E-state index in [0.29, 0.717) is 18.5 Å². The molecular weight excluding hydrogens is 400 g/mol. The molecule has 0 saturated heterocycles. The Balaban J connectivity index is 1.80. The first-order valence-corrected chi connectivity index (χ1v) is 11.5. The van der Waals surface area contributed by atoms with Gasteiger partial charge in [0.05, 0.1) is 16.1 Å². The van der Waals surface area contributed by atoms with Crippen molar-refractivity contribution in [3.8, 4) is 0 Å². The SMILES string of the molecule is Cc1ccc(S(=O)(=O)c2ccccn2)cc1S(=O)(=O)NCCCn1ccnc1. The van der Waals surface area contributed by atoms with E-state index in [9.17, 15) is 16.8 Å². The molecule has 1 N–H and O–H groups in total. The molecule has 0 atom stereocenters. The fraction of sp³-hybridized carbons (Fsp3) is 0.222. The van der Waals surface area contributed by atoms with Crippen LogP contribution in [-0.4, -0.2) is 37.9 Å². The first kappa shape index (κ1) is 20.2. The van der Waals surface area contributed by atoms with Crippen LogP contribution >= 0.6 is 0 Å². The molecule has 2 aromatic heterocycles. The molecule has 0 aliphatic rings. The quantitative estimate of drug-likeness (QED) is 0.556. The molecule has 0 fully saturated rings. The minimum atomic E-state index is -3.91. The number of hydrogen-bond donors (Lipinski definition) is 1. The number of hydrogen-bond acceptors (Lipinski definition) is 6. The highest BCUT2D eigenvalue weighted by atomic mass is 32.2. The number of nitrogens with zero attached hydrogens (tertiary/aromatic N) is 3. The minimum absolute atomic E-state index is 0.0628. The van der Waals surface area contributed by atoms with Crippen molar-refractivity contribution in [1.82, 2.24) is 19.3 Å². The molecule has 0 bridgehead atoms. The van der Waals surface area contributed by atoms with Crippen molar-refractivity contribution in [3.05, 3.63) is 66.9 Å². The number of aryl methyl sites for hydroxylation is 2. The first-order chi connectivity index (χ1) is 13.3. The van der Waals surface area contributed by atoms with Crippen LogP contribution in [0.5, 0.6) is 0 Å². The van der Waals surface area contributed by atoms with Crippen LogP contribution < -0.4 is 4.72 Å². The lowest BCUT2D eigenvalue weighted by Crippen LogP contribution is -2.26. The second-order valence-electron chi connectivity index (χ2n) is 6.15. The lowest BCUT2D eigenvalue weighted by molar-refractivity contribution is 0.569. The predicted octanol–water partition coefficient (Wildman–Crippen LogP) is 1.79. The van der Waals surface area contributed by atoms with Crippen molar-refractivity contribution < 1.29 is 16.8 Å². The molecule has 0 radical (unpaired) electrons. The number of imidazole rings is 1. The summed E-state index contributed by atoms with van der Waals surface area (Å²) in [5, 5.41) is -0.129. The molecule has 1 aromatic carbocycles. The Labute approximate surface area is 164 Å². The Bertz CT molecular complexity index is 1140. The third kappa shape index (κ3) is 4.46. The highest BCUT2D eigenvalue weighted by Crippen LogP contribution is 2.24. The summed E-state index contributed by atoms with van der Waals surface area (Å²) in [6.07, 6.45) is 7.05. The van der Waals surface area contributed by atoms with Crippen LogP contribution in [0.25, 0.3) is 0 Å². The van der Waals surface area contributed by atoms with Crippen LogP contribution in [-0.2, 0) is 26.4 Å². The molecule has 0 aliphatic heterocycles. The van der Waals surface area contributed by atoms with Crippen LogP contribution in [0.3, 0.4) is 0 Å². The van der Waals surface area contributed by atoms with Gasteiger partial charge in [0.25, 0.3) is 0 Å². The smallest absolute Gasteiger partial charge is 0.240 e. The molecule has 0 spiro atoms. The zero-order valence-corrected chi connectivity index (χ0v) is 16.8. The largest absolute Gasteiger partial charge is 0.337 e. The van der Waals surface area contributed by atoms with Gasteiger partial charge in [-0.2, -0.15) is 0 Å². The molecule has 28 heavy (non-hydrogen) atoms. The number of benzene rings is 1. The van der Waals surface area contributed by atoms with Gasteiger partial charge in [-0.3, -0.25) is 0 Å². The van der Waals surface area contributed by atoms with Gasteiger partial charge in [0.1, 0.15) is 0 Å². The zero-order chi connectivity index (χ0) is 20.2. The summed E-state index contributed by atoms with van der Waals surface area (Å²) >= 11 is 0. The molecule has 3 aromatic rings. The van der Waals surface area contributed by atoms with Gasteiger partial charge in [-0.1, -0.05) is 12.1 Å². The summed E-state index contributed by atoms with van der Waals surface area (Å²) in [4.78, 5) is 7.62. The van der Waals surface area contributed by atoms with Gasteiger partial charge < -0.3 is 4.57 Å². The van der Waals surface area contributed by atoms with E-state index >= 15 is 0 Å². The minimum Gasteiger partial charge on any atom is -0.337 e. The summed E-state index contributed by atoms with van der Waals surface area (Å²) in [5.41, 5.74) is 0.460. The summed E-state index contributed by atoms with van der Waals surface area (Å²) in [5.74, 6) is 0. The van der Waals surface area contributed by atoms with Gasteiger partial charge in [-0.25, -0.2) is 31.5 Å². The zero-order valence-electron chi connectivity index (χ0n) is 15.2. The van der Waals surface area contributed by atoms with E-state index in [1.54, 1.807) is 37.8 Å². The number of pyridine rings is 1. The second kappa shape index (κ2) is 8.21. The van der Waals surface area contributed by atoms with Gasteiger partial charge in [0, 0.05) is 31.7 Å². The molecule has 0 unspecified atom stereocenters. The monoisotopic (exact) mass is 420 g/mol. The topological polar surface area (TPSA) is 111 Å². The van der Waals surface area contributed by atoms with E-state index in [4.69, 9.17) is 0 Å². The third-order valence-corrected chi connectivity index (χ3v) is 7.39. The summed E-state index contributed by atoms with van der Waals surface area (Å²) in [7, 11) is -7.76. The van der Waals surface area contributed by atoms with Crippen molar-refractivity contribution >= 4 is 19.9 Å². The van der Waals surface area contributed by atoms with Crippen molar-refractivity contribution in [2.45, 2.75) is 34.7 Å². The fourth-order valence-electron chi connectivity index (χ4n) is 2.63. The van der Waals surface area contributed by atoms with E-state index < -0.39 is 19.9 Å². The van der Waals surface area contributed by atoms with E-state index in [1.165, 1.54) is 30.5 Å². The number of nitrogens with one attached hydrogen (secondary N) is 1. The number of rotatable bonds is 8. The molecule has 8 nitrogen and oxygen atoms in total. The van der Waals surface area contributed by atoms with Gasteiger partial charge >= 0.3 is 0 Å². The maximum absolute atomic E-state index is 12.7. The Morgan fingerprint density at radius 3 is 2.57 bits per heavy atom. The molecule has 0 amide bonds. The average Bonchev–Trinajstić information content (AvgIpc) is 3.19. The normalized spacial score (nSPS) is 12.2. The van der Waals surface area contributed by atoms with Crippen molar-refractivity contribution in [1.29, 1.82) is 0 Å². The van der Waals surface area contributed by atoms with Crippen molar-refractivity contribution in [2.75, 3.05) is 6.54 Å². The number of sulfone groups is 1. The Hall–Kier alpha value is -2.56. The molecule has 0 aliphatic carbocycles. The summed E-state index contributed by atoms with van der Waals surface area (Å²) in [6.45, 7) is 2.46. The van der Waals surface area contributed by atoms with E-state index in [1.807, 2.05) is 4.57 Å².